The van der Waals surface area contributed by atoms with Crippen molar-refractivity contribution >= 4 is 25.5 Å². The molecule has 0 aliphatic rings. The Morgan fingerprint density at radius 2 is 1.47 bits per heavy atom. The normalized spacial score (nSPS) is 12.9. The zero-order valence-corrected chi connectivity index (χ0v) is 33.1. The molecule has 0 saturated heterocycles. The quantitative estimate of drug-likeness (QED) is 0.0466. The van der Waals surface area contributed by atoms with Gasteiger partial charge in [-0.15, -0.1) is 0 Å². The molecule has 1 N–H and O–H groups in total. The highest BCUT2D eigenvalue weighted by molar-refractivity contribution is 7.44. The summed E-state index contributed by atoms with van der Waals surface area (Å²) in [5.41, 5.74) is 1.56. The number of hydrogen-bond donors (Lipinski definition) is 1. The van der Waals surface area contributed by atoms with E-state index >= 15 is 0 Å². The molecule has 0 spiro atoms. The fourth-order valence-electron chi connectivity index (χ4n) is 6.55. The van der Waals surface area contributed by atoms with E-state index in [2.05, 4.69) is 53.4 Å². The van der Waals surface area contributed by atoms with Crippen molar-refractivity contribution in [3.63, 3.8) is 0 Å². The van der Waals surface area contributed by atoms with Gasteiger partial charge in [0, 0.05) is 24.4 Å². The van der Waals surface area contributed by atoms with Crippen molar-refractivity contribution in [2.75, 3.05) is 34.0 Å². The number of ether oxygens (including phenoxy) is 3. The first kappa shape index (κ1) is 41.2. The van der Waals surface area contributed by atoms with E-state index in [4.69, 9.17) is 23.3 Å². The summed E-state index contributed by atoms with van der Waals surface area (Å²) >= 11 is 0. The molecule has 290 valence electrons. The summed E-state index contributed by atoms with van der Waals surface area (Å²) in [7, 11) is 1.65. The molecular weight excluding hydrogens is 719 g/mol. The van der Waals surface area contributed by atoms with Crippen molar-refractivity contribution in [2.24, 2.45) is 5.92 Å². The summed E-state index contributed by atoms with van der Waals surface area (Å²) in [5.74, 6) is 0.817. The van der Waals surface area contributed by atoms with E-state index in [0.717, 1.165) is 16.7 Å². The first-order valence-electron chi connectivity index (χ1n) is 18.2. The Balaban J connectivity index is 1.54. The molecule has 0 fully saturated rings. The van der Waals surface area contributed by atoms with E-state index in [9.17, 15) is 14.9 Å². The number of aromatic amines is 1. The van der Waals surface area contributed by atoms with Gasteiger partial charge in [0.2, 0.25) is 0 Å². The maximum Gasteiger partial charge on any atom is 0.278 e. The number of imidazole rings is 1. The number of methoxy groups -OCH3 is 2. The molecule has 55 heavy (non-hydrogen) atoms. The summed E-state index contributed by atoms with van der Waals surface area (Å²) in [6.07, 6.45) is 3.04. The van der Waals surface area contributed by atoms with E-state index in [0.29, 0.717) is 17.1 Å². The lowest BCUT2D eigenvalue weighted by molar-refractivity contribution is -0.122. The van der Waals surface area contributed by atoms with Gasteiger partial charge in [-0.25, -0.2) is 14.6 Å². The number of ketones is 1. The molecule has 2 heterocycles. The second-order valence-corrected chi connectivity index (χ2v) is 15.0. The highest BCUT2D eigenvalue weighted by atomic mass is 31.2. The van der Waals surface area contributed by atoms with Crippen LogP contribution in [0.4, 0.5) is 0 Å². The Morgan fingerprint density at radius 1 is 0.873 bits per heavy atom. The molecule has 14 heteroatoms. The maximum absolute atomic E-state index is 14.0. The number of Topliss-reactive ketones (excluding diaryl/α,β-unsaturated/α-hetero) is 1. The number of fused-ring (bicyclic) bond motifs is 1. The second-order valence-electron chi connectivity index (χ2n) is 13.5. The zero-order chi connectivity index (χ0) is 39.4. The summed E-state index contributed by atoms with van der Waals surface area (Å²) in [4.78, 5) is 37.2. The van der Waals surface area contributed by atoms with Crippen LogP contribution in [0, 0.1) is 17.2 Å². The Morgan fingerprint density at radius 3 is 2.04 bits per heavy atom. The summed E-state index contributed by atoms with van der Waals surface area (Å²) in [5, 5.41) is 9.25. The molecule has 0 aliphatic carbocycles. The number of nitrogens with zero attached hydrogens (tertiary/aromatic N) is 5. The van der Waals surface area contributed by atoms with Gasteiger partial charge in [-0.1, -0.05) is 54.6 Å². The SMILES string of the molecule is COc1ccc(C(OC[C@@H](COP(OCCC#N)N(C(C)C)C(C)C)CC(=O)Cn2cnc3c(=O)[nH]cnc32)(c2ccccc2)c2ccc(OC)cc2)cc1. The number of carbonyl (C=O) groups excluding carboxylic acids is 1. The van der Waals surface area contributed by atoms with Crippen LogP contribution in [0.3, 0.4) is 0 Å². The third-order valence-electron chi connectivity index (χ3n) is 9.06. The minimum absolute atomic E-state index is 0.0538. The third kappa shape index (κ3) is 10.0. The highest BCUT2D eigenvalue weighted by Crippen LogP contribution is 2.47. The molecule has 2 aromatic heterocycles. The van der Waals surface area contributed by atoms with Gasteiger partial charge in [0.15, 0.2) is 16.9 Å². The van der Waals surface area contributed by atoms with Crippen molar-refractivity contribution in [2.45, 2.75) is 64.8 Å². The van der Waals surface area contributed by atoms with Gasteiger partial charge >= 0.3 is 0 Å². The van der Waals surface area contributed by atoms with E-state index in [1.807, 2.05) is 78.9 Å². The second kappa shape index (κ2) is 19.6. The molecule has 0 bridgehead atoms. The molecule has 5 rings (SSSR count). The van der Waals surface area contributed by atoms with Crippen molar-refractivity contribution in [1.82, 2.24) is 24.2 Å². The third-order valence-corrected chi connectivity index (χ3v) is 11.1. The van der Waals surface area contributed by atoms with Crippen LogP contribution in [0.1, 0.15) is 57.2 Å². The van der Waals surface area contributed by atoms with E-state index in [1.54, 1.807) is 18.8 Å². The van der Waals surface area contributed by atoms with Gasteiger partial charge < -0.3 is 32.8 Å². The zero-order valence-electron chi connectivity index (χ0n) is 32.2. The number of aromatic nitrogens is 4. The molecule has 5 aromatic rings. The van der Waals surface area contributed by atoms with Crippen LogP contribution < -0.4 is 15.0 Å². The predicted molar refractivity (Wildman–Crippen MR) is 211 cm³/mol. The smallest absolute Gasteiger partial charge is 0.278 e. The molecule has 0 aliphatic heterocycles. The van der Waals surface area contributed by atoms with Crippen LogP contribution in [0.15, 0.2) is 96.3 Å². The molecule has 0 saturated carbocycles. The number of nitrogens with one attached hydrogen (secondary N) is 1. The average molecular weight is 769 g/mol. The van der Waals surface area contributed by atoms with Crippen LogP contribution in [0.25, 0.3) is 11.2 Å². The molecular formula is C41H49N6O7P. The van der Waals surface area contributed by atoms with Crippen LogP contribution in [0.2, 0.25) is 0 Å². The Labute approximate surface area is 323 Å². The molecule has 13 nitrogen and oxygen atoms in total. The van der Waals surface area contributed by atoms with E-state index in [-0.39, 0.29) is 68.1 Å². The average Bonchev–Trinajstić information content (AvgIpc) is 3.60. The molecule has 1 unspecified atom stereocenters. The first-order chi connectivity index (χ1) is 26.6. The minimum Gasteiger partial charge on any atom is -0.497 e. The molecule has 2 atom stereocenters. The molecule has 3 aromatic carbocycles. The number of benzene rings is 3. The maximum atomic E-state index is 14.0. The molecule has 0 amide bonds. The van der Waals surface area contributed by atoms with Gasteiger partial charge in [-0.05, 0) is 68.7 Å². The number of carbonyl (C=O) groups is 1. The Bertz CT molecular complexity index is 2010. The Hall–Kier alpha value is -4.96. The number of rotatable bonds is 21. The highest BCUT2D eigenvalue weighted by Gasteiger charge is 2.39. The lowest BCUT2D eigenvalue weighted by atomic mass is 9.79. The lowest BCUT2D eigenvalue weighted by Crippen LogP contribution is -2.37. The lowest BCUT2D eigenvalue weighted by Gasteiger charge is -2.38. The van der Waals surface area contributed by atoms with Gasteiger partial charge in [0.05, 0.1) is 65.7 Å². The van der Waals surface area contributed by atoms with Crippen LogP contribution in [-0.4, -0.2) is 76.1 Å². The largest absolute Gasteiger partial charge is 0.497 e. The first-order valence-corrected chi connectivity index (χ1v) is 19.3. The number of H-pyrrole nitrogens is 1. The van der Waals surface area contributed by atoms with E-state index < -0.39 is 20.0 Å². The topological polar surface area (TPSA) is 154 Å². The summed E-state index contributed by atoms with van der Waals surface area (Å²) in [6, 6.07) is 27.8. The van der Waals surface area contributed by atoms with Gasteiger partial charge in [-0.2, -0.15) is 5.26 Å². The van der Waals surface area contributed by atoms with Crippen molar-refractivity contribution in [3.05, 3.63) is 119 Å². The predicted octanol–water partition coefficient (Wildman–Crippen LogP) is 7.01. The van der Waals surface area contributed by atoms with Gasteiger partial charge in [-0.3, -0.25) is 9.59 Å². The van der Waals surface area contributed by atoms with Crippen LogP contribution >= 0.6 is 8.53 Å². The summed E-state index contributed by atoms with van der Waals surface area (Å²) in [6.45, 7) is 8.67. The van der Waals surface area contributed by atoms with Gasteiger partial charge in [0.25, 0.3) is 14.1 Å². The molecule has 0 radical (unpaired) electrons. The standard InChI is InChI=1S/C41H49N6O7P/c1-29(2)47(30(3)4)55(53-22-10-21-42)54-26-31(23-35(48)24-46-28-45-38-39(46)43-27-44-40(38)49)25-52-41(32-11-8-7-9-12-32,33-13-17-36(50-5)18-14-33)34-15-19-37(51-6)20-16-34/h7-9,11-20,27-31H,10,22-26H2,1-6H3,(H,43,44,49)/t31-,55?/m0/s1. The van der Waals surface area contributed by atoms with Crippen LogP contribution in [-0.2, 0) is 30.7 Å². The fourth-order valence-corrected chi connectivity index (χ4v) is 8.23. The summed E-state index contributed by atoms with van der Waals surface area (Å²) < 4.78 is 34.8. The fraction of sp³-hybridized carbons (Fsp3) is 0.390. The monoisotopic (exact) mass is 768 g/mol. The van der Waals surface area contributed by atoms with Gasteiger partial charge in [0.1, 0.15) is 17.1 Å². The number of hydrogen-bond acceptors (Lipinski definition) is 11. The van der Waals surface area contributed by atoms with Crippen LogP contribution in [0.5, 0.6) is 11.5 Å². The minimum atomic E-state index is -1.60. The van der Waals surface area contributed by atoms with E-state index in [1.165, 1.54) is 12.7 Å². The van der Waals surface area contributed by atoms with Crippen molar-refractivity contribution in [1.29, 1.82) is 5.26 Å². The Kier molecular flexibility index (Phi) is 14.7. The number of nitriles is 1. The van der Waals surface area contributed by atoms with Crippen molar-refractivity contribution in [3.8, 4) is 17.6 Å². The van der Waals surface area contributed by atoms with Crippen molar-refractivity contribution < 1.29 is 28.1 Å².